The van der Waals surface area contributed by atoms with E-state index in [1.165, 1.54) is 0 Å². The van der Waals surface area contributed by atoms with Crippen molar-refractivity contribution in [1.29, 1.82) is 0 Å². The minimum atomic E-state index is -0.683. The summed E-state index contributed by atoms with van der Waals surface area (Å²) >= 11 is 0. The van der Waals surface area contributed by atoms with Gasteiger partial charge in [0.2, 0.25) is 0 Å². The third-order valence-corrected chi connectivity index (χ3v) is 1.35. The second kappa shape index (κ2) is 5.28. The van der Waals surface area contributed by atoms with E-state index in [0.29, 0.717) is 12.8 Å². The summed E-state index contributed by atoms with van der Waals surface area (Å²) in [6.07, 6.45) is -0.365. The lowest BCUT2D eigenvalue weighted by Crippen LogP contribution is -2.24. The summed E-state index contributed by atoms with van der Waals surface area (Å²) in [5.41, 5.74) is 0. The van der Waals surface area contributed by atoms with Gasteiger partial charge in [0, 0.05) is 6.42 Å². The molecule has 0 aromatic rings. The number of hydrogen-bond acceptors (Lipinski definition) is 2. The highest BCUT2D eigenvalue weighted by Gasteiger charge is 2.11. The quantitative estimate of drug-likeness (QED) is 0.564. The molecule has 0 heterocycles. The molecule has 0 rings (SSSR count). The van der Waals surface area contributed by atoms with Gasteiger partial charge in [0.15, 0.2) is 0 Å². The smallest absolute Gasteiger partial charge is 0.0907 e. The Bertz CT molecular complexity index is 132. The van der Waals surface area contributed by atoms with E-state index in [2.05, 4.69) is 11.8 Å². The Balaban J connectivity index is 3.57. The number of aliphatic hydroxyl groups excluding tert-OH is 2. The highest BCUT2D eigenvalue weighted by molar-refractivity contribution is 4.97. The predicted octanol–water partition coefficient (Wildman–Crippen LogP) is 0.532. The van der Waals surface area contributed by atoms with Crippen LogP contribution in [-0.4, -0.2) is 22.4 Å². The molecule has 0 aliphatic carbocycles. The normalized spacial score (nSPS) is 15.2. The summed E-state index contributed by atoms with van der Waals surface area (Å²) in [4.78, 5) is 0. The lowest BCUT2D eigenvalue weighted by molar-refractivity contribution is 0.0210. The van der Waals surface area contributed by atoms with Crippen molar-refractivity contribution in [2.75, 3.05) is 0 Å². The van der Waals surface area contributed by atoms with Gasteiger partial charge < -0.3 is 10.2 Å². The minimum Gasteiger partial charge on any atom is -0.390 e. The van der Waals surface area contributed by atoms with Gasteiger partial charge in [-0.2, -0.15) is 0 Å². The summed E-state index contributed by atoms with van der Waals surface area (Å²) in [5.74, 6) is 5.36. The fraction of sp³-hybridized carbons (Fsp3) is 0.750. The third-order valence-electron chi connectivity index (χ3n) is 1.35. The maximum Gasteiger partial charge on any atom is 0.0907 e. The molecule has 0 aromatic carbocycles. The summed E-state index contributed by atoms with van der Waals surface area (Å²) in [6, 6.07) is 0. The molecule has 2 N–H and O–H groups in total. The van der Waals surface area contributed by atoms with Gasteiger partial charge in [-0.05, 0) is 13.3 Å². The molecule has 0 saturated heterocycles. The average Bonchev–Trinajstić information content (AvgIpc) is 1.98. The molecule has 0 bridgehead atoms. The van der Waals surface area contributed by atoms with E-state index in [4.69, 9.17) is 10.2 Å². The van der Waals surface area contributed by atoms with Crippen molar-refractivity contribution < 1.29 is 10.2 Å². The van der Waals surface area contributed by atoms with Crippen LogP contribution in [0.3, 0.4) is 0 Å². The summed E-state index contributed by atoms with van der Waals surface area (Å²) in [7, 11) is 0. The molecule has 0 amide bonds. The Morgan fingerprint density at radius 2 is 1.90 bits per heavy atom. The first-order valence-electron chi connectivity index (χ1n) is 3.48. The molecule has 0 saturated carbocycles. The fourth-order valence-corrected chi connectivity index (χ4v) is 0.615. The average molecular weight is 142 g/mol. The van der Waals surface area contributed by atoms with Crippen LogP contribution in [0, 0.1) is 11.8 Å². The molecule has 2 heteroatoms. The van der Waals surface area contributed by atoms with Crippen LogP contribution in [0.5, 0.6) is 0 Å². The van der Waals surface area contributed by atoms with Crippen LogP contribution in [0.4, 0.5) is 0 Å². The van der Waals surface area contributed by atoms with Crippen molar-refractivity contribution >= 4 is 0 Å². The molecule has 58 valence electrons. The van der Waals surface area contributed by atoms with Crippen molar-refractivity contribution in [1.82, 2.24) is 0 Å². The highest BCUT2D eigenvalue weighted by Crippen LogP contribution is 2.00. The molecule has 0 aliphatic heterocycles. The van der Waals surface area contributed by atoms with Gasteiger partial charge in [0.05, 0.1) is 12.2 Å². The topological polar surface area (TPSA) is 40.5 Å². The molecule has 10 heavy (non-hydrogen) atoms. The monoisotopic (exact) mass is 142 g/mol. The van der Waals surface area contributed by atoms with E-state index in [0.717, 1.165) is 0 Å². The summed E-state index contributed by atoms with van der Waals surface area (Å²) in [6.45, 7) is 3.54. The van der Waals surface area contributed by atoms with Crippen LogP contribution in [0.15, 0.2) is 0 Å². The second-order valence-electron chi connectivity index (χ2n) is 2.17. The first kappa shape index (κ1) is 9.48. The van der Waals surface area contributed by atoms with Crippen molar-refractivity contribution in [2.45, 2.75) is 38.9 Å². The molecule has 0 aliphatic rings. The van der Waals surface area contributed by atoms with E-state index in [-0.39, 0.29) is 0 Å². The van der Waals surface area contributed by atoms with Crippen molar-refractivity contribution in [3.63, 3.8) is 0 Å². The fourth-order valence-electron chi connectivity index (χ4n) is 0.615. The highest BCUT2D eigenvalue weighted by atomic mass is 16.3. The lowest BCUT2D eigenvalue weighted by atomic mass is 10.1. The molecular weight excluding hydrogens is 128 g/mol. The van der Waals surface area contributed by atoms with Gasteiger partial charge in [-0.3, -0.25) is 0 Å². The van der Waals surface area contributed by atoms with Crippen LogP contribution in [0.1, 0.15) is 26.7 Å². The largest absolute Gasteiger partial charge is 0.390 e. The SMILES string of the molecule is CC#CCC(O)C(O)CC. The summed E-state index contributed by atoms with van der Waals surface area (Å²) in [5, 5.41) is 18.1. The molecule has 0 spiro atoms. The number of rotatable bonds is 3. The Labute approximate surface area is 61.9 Å². The molecular formula is C8H14O2. The summed E-state index contributed by atoms with van der Waals surface area (Å²) < 4.78 is 0. The Morgan fingerprint density at radius 1 is 1.30 bits per heavy atom. The third kappa shape index (κ3) is 3.49. The van der Waals surface area contributed by atoms with Crippen LogP contribution in [0.25, 0.3) is 0 Å². The van der Waals surface area contributed by atoms with Crippen LogP contribution >= 0.6 is 0 Å². The predicted molar refractivity (Wildman–Crippen MR) is 40.4 cm³/mol. The maximum absolute atomic E-state index is 9.10. The Morgan fingerprint density at radius 3 is 2.30 bits per heavy atom. The number of hydrogen-bond donors (Lipinski definition) is 2. The minimum absolute atomic E-state index is 0.367. The van der Waals surface area contributed by atoms with Crippen molar-refractivity contribution in [2.24, 2.45) is 0 Å². The standard InChI is InChI=1S/C8H14O2/c1-3-5-6-8(10)7(9)4-2/h7-10H,4,6H2,1-2H3. The van der Waals surface area contributed by atoms with E-state index in [1.54, 1.807) is 6.92 Å². The zero-order valence-electron chi connectivity index (χ0n) is 6.46. The van der Waals surface area contributed by atoms with E-state index < -0.39 is 12.2 Å². The van der Waals surface area contributed by atoms with Gasteiger partial charge >= 0.3 is 0 Å². The molecule has 2 unspecified atom stereocenters. The van der Waals surface area contributed by atoms with E-state index in [9.17, 15) is 0 Å². The second-order valence-corrected chi connectivity index (χ2v) is 2.17. The van der Waals surface area contributed by atoms with Crippen LogP contribution < -0.4 is 0 Å². The molecule has 0 radical (unpaired) electrons. The van der Waals surface area contributed by atoms with Gasteiger partial charge in [0.25, 0.3) is 0 Å². The Hall–Kier alpha value is -0.520. The van der Waals surface area contributed by atoms with Crippen LogP contribution in [-0.2, 0) is 0 Å². The van der Waals surface area contributed by atoms with Gasteiger partial charge in [-0.25, -0.2) is 0 Å². The van der Waals surface area contributed by atoms with Gasteiger partial charge in [-0.15, -0.1) is 11.8 Å². The molecule has 2 nitrogen and oxygen atoms in total. The maximum atomic E-state index is 9.10. The zero-order chi connectivity index (χ0) is 7.98. The van der Waals surface area contributed by atoms with E-state index in [1.807, 2.05) is 6.92 Å². The molecule has 0 aromatic heterocycles. The van der Waals surface area contributed by atoms with Crippen LogP contribution in [0.2, 0.25) is 0 Å². The molecule has 0 fully saturated rings. The first-order chi connectivity index (χ1) is 4.72. The Kier molecular flexibility index (Phi) is 5.00. The van der Waals surface area contributed by atoms with Gasteiger partial charge in [-0.1, -0.05) is 6.92 Å². The van der Waals surface area contributed by atoms with E-state index >= 15 is 0 Å². The van der Waals surface area contributed by atoms with Crippen molar-refractivity contribution in [3.05, 3.63) is 0 Å². The lowest BCUT2D eigenvalue weighted by Gasteiger charge is -2.12. The molecule has 2 atom stereocenters. The zero-order valence-corrected chi connectivity index (χ0v) is 6.46. The first-order valence-corrected chi connectivity index (χ1v) is 3.48. The van der Waals surface area contributed by atoms with Gasteiger partial charge in [0.1, 0.15) is 0 Å². The van der Waals surface area contributed by atoms with Crippen molar-refractivity contribution in [3.8, 4) is 11.8 Å². The number of aliphatic hydroxyl groups is 2.